The minimum atomic E-state index is -0.930. The SMILES string of the molecule is Cc1noc(C(NC(=O)ON2CCc3cnc(NC4CCOCC4)nc3C2)c2ccc(Cl)c(F)c2)n1. The van der Waals surface area contributed by atoms with Gasteiger partial charge in [-0.15, -0.1) is 5.06 Å². The summed E-state index contributed by atoms with van der Waals surface area (Å²) >= 11 is 5.81. The van der Waals surface area contributed by atoms with Gasteiger partial charge in [-0.05, 0) is 49.4 Å². The number of amides is 1. The van der Waals surface area contributed by atoms with Crippen molar-refractivity contribution in [3.63, 3.8) is 0 Å². The molecule has 2 aliphatic heterocycles. The molecular formula is C23H25ClFN7O4. The molecule has 190 valence electrons. The first-order valence-corrected chi connectivity index (χ1v) is 12.0. The number of benzene rings is 1. The van der Waals surface area contributed by atoms with E-state index in [9.17, 15) is 9.18 Å². The molecule has 0 radical (unpaired) electrons. The van der Waals surface area contributed by atoms with Gasteiger partial charge in [-0.25, -0.2) is 19.2 Å². The zero-order chi connectivity index (χ0) is 25.1. The Balaban J connectivity index is 1.25. The van der Waals surface area contributed by atoms with E-state index < -0.39 is 18.0 Å². The Morgan fingerprint density at radius 1 is 1.31 bits per heavy atom. The fraction of sp³-hybridized carbons (Fsp3) is 0.435. The number of nitrogens with zero attached hydrogens (tertiary/aromatic N) is 5. The summed E-state index contributed by atoms with van der Waals surface area (Å²) in [5.41, 5.74) is 2.16. The molecule has 0 bridgehead atoms. The van der Waals surface area contributed by atoms with Crippen LogP contribution in [0.4, 0.5) is 15.1 Å². The highest BCUT2D eigenvalue weighted by atomic mass is 35.5. The van der Waals surface area contributed by atoms with Crippen LogP contribution in [-0.4, -0.2) is 57.1 Å². The molecule has 1 atom stereocenters. The Labute approximate surface area is 211 Å². The molecule has 36 heavy (non-hydrogen) atoms. The Morgan fingerprint density at radius 3 is 2.89 bits per heavy atom. The van der Waals surface area contributed by atoms with Gasteiger partial charge in [-0.3, -0.25) is 0 Å². The standard InChI is InChI=1S/C23H25ClFN7O4/c1-13-27-21(35-31-13)20(14-2-3-17(24)18(25)10-14)30-23(33)36-32-7-4-15-11-26-22(29-19(15)12-32)28-16-5-8-34-9-6-16/h2-3,10-11,16,20H,4-9,12H2,1H3,(H,30,33)(H,26,28,29). The molecule has 1 aromatic carbocycles. The molecule has 1 unspecified atom stereocenters. The summed E-state index contributed by atoms with van der Waals surface area (Å²) in [7, 11) is 0. The van der Waals surface area contributed by atoms with E-state index in [1.807, 2.05) is 6.20 Å². The van der Waals surface area contributed by atoms with Crippen molar-refractivity contribution in [3.8, 4) is 0 Å². The summed E-state index contributed by atoms with van der Waals surface area (Å²) in [6, 6.07) is 3.50. The van der Waals surface area contributed by atoms with Gasteiger partial charge in [0, 0.05) is 32.0 Å². The molecule has 0 spiro atoms. The van der Waals surface area contributed by atoms with Crippen LogP contribution in [0.3, 0.4) is 0 Å². The number of aryl methyl sites for hydroxylation is 1. The van der Waals surface area contributed by atoms with Gasteiger partial charge < -0.3 is 24.7 Å². The molecule has 2 aromatic heterocycles. The summed E-state index contributed by atoms with van der Waals surface area (Å²) in [6.45, 7) is 3.84. The van der Waals surface area contributed by atoms with E-state index in [4.69, 9.17) is 25.7 Å². The average Bonchev–Trinajstić information content (AvgIpc) is 3.30. The van der Waals surface area contributed by atoms with Crippen LogP contribution in [0.5, 0.6) is 0 Å². The lowest BCUT2D eigenvalue weighted by atomic mass is 10.1. The number of aromatic nitrogens is 4. The largest absolute Gasteiger partial charge is 0.427 e. The smallest absolute Gasteiger partial charge is 0.381 e. The quantitative estimate of drug-likeness (QED) is 0.502. The van der Waals surface area contributed by atoms with E-state index in [0.29, 0.717) is 50.1 Å². The number of fused-ring (bicyclic) bond motifs is 1. The fourth-order valence-corrected chi connectivity index (χ4v) is 4.24. The normalized spacial score (nSPS) is 17.3. The maximum absolute atomic E-state index is 14.1. The summed E-state index contributed by atoms with van der Waals surface area (Å²) in [6.07, 6.45) is 3.46. The van der Waals surface area contributed by atoms with Gasteiger partial charge in [0.25, 0.3) is 5.89 Å². The molecule has 13 heteroatoms. The van der Waals surface area contributed by atoms with E-state index in [-0.39, 0.29) is 17.0 Å². The molecule has 1 saturated heterocycles. The monoisotopic (exact) mass is 517 g/mol. The maximum atomic E-state index is 14.1. The summed E-state index contributed by atoms with van der Waals surface area (Å²) in [5.74, 6) is 0.371. The van der Waals surface area contributed by atoms with Crippen molar-refractivity contribution in [2.24, 2.45) is 0 Å². The van der Waals surface area contributed by atoms with Crippen molar-refractivity contribution in [2.45, 2.75) is 44.8 Å². The first-order chi connectivity index (χ1) is 17.4. The van der Waals surface area contributed by atoms with Gasteiger partial charge in [-0.2, -0.15) is 4.98 Å². The minimum absolute atomic E-state index is 0.0403. The van der Waals surface area contributed by atoms with Gasteiger partial charge in [0.1, 0.15) is 11.9 Å². The van der Waals surface area contributed by atoms with Gasteiger partial charge in [0.15, 0.2) is 5.82 Å². The van der Waals surface area contributed by atoms with Crippen molar-refractivity contribution in [1.29, 1.82) is 0 Å². The first-order valence-electron chi connectivity index (χ1n) is 11.6. The Morgan fingerprint density at radius 2 is 2.14 bits per heavy atom. The third-order valence-electron chi connectivity index (χ3n) is 6.01. The van der Waals surface area contributed by atoms with Crippen molar-refractivity contribution < 1.29 is 23.3 Å². The lowest BCUT2D eigenvalue weighted by Crippen LogP contribution is -2.39. The fourth-order valence-electron chi connectivity index (χ4n) is 4.12. The highest BCUT2D eigenvalue weighted by Crippen LogP contribution is 2.25. The summed E-state index contributed by atoms with van der Waals surface area (Å²) in [4.78, 5) is 31.6. The third kappa shape index (κ3) is 5.72. The number of ether oxygens (including phenoxy) is 1. The Kier molecular flexibility index (Phi) is 7.25. The van der Waals surface area contributed by atoms with Crippen molar-refractivity contribution in [3.05, 3.63) is 63.8 Å². The molecule has 0 saturated carbocycles. The van der Waals surface area contributed by atoms with E-state index in [0.717, 1.165) is 24.1 Å². The van der Waals surface area contributed by atoms with E-state index >= 15 is 0 Å². The number of anilines is 1. The van der Waals surface area contributed by atoms with Gasteiger partial charge in [0.05, 0.1) is 17.3 Å². The molecule has 0 aliphatic carbocycles. The van der Waals surface area contributed by atoms with E-state index in [2.05, 4.69) is 30.7 Å². The second-order valence-corrected chi connectivity index (χ2v) is 9.03. The Bertz CT molecular complexity index is 1240. The van der Waals surface area contributed by atoms with Crippen LogP contribution >= 0.6 is 11.6 Å². The van der Waals surface area contributed by atoms with Crippen LogP contribution < -0.4 is 10.6 Å². The molecule has 3 aromatic rings. The van der Waals surface area contributed by atoms with Crippen LogP contribution in [0.1, 0.15) is 47.4 Å². The summed E-state index contributed by atoms with van der Waals surface area (Å²) < 4.78 is 24.7. The van der Waals surface area contributed by atoms with Crippen LogP contribution in [0.15, 0.2) is 28.9 Å². The molecule has 4 heterocycles. The number of halogens is 2. The van der Waals surface area contributed by atoms with Crippen LogP contribution in [0.25, 0.3) is 0 Å². The molecule has 2 aliphatic rings. The second kappa shape index (κ2) is 10.7. The lowest BCUT2D eigenvalue weighted by molar-refractivity contribution is -0.112. The highest BCUT2D eigenvalue weighted by molar-refractivity contribution is 6.30. The van der Waals surface area contributed by atoms with Crippen LogP contribution in [0, 0.1) is 12.7 Å². The predicted molar refractivity (Wildman–Crippen MR) is 126 cm³/mol. The number of carbonyl (C=O) groups is 1. The topological polar surface area (TPSA) is 128 Å². The number of hydrogen-bond donors (Lipinski definition) is 2. The predicted octanol–water partition coefficient (Wildman–Crippen LogP) is 3.34. The zero-order valence-electron chi connectivity index (χ0n) is 19.5. The molecule has 5 rings (SSSR count). The van der Waals surface area contributed by atoms with Crippen LogP contribution in [0.2, 0.25) is 5.02 Å². The molecule has 1 amide bonds. The molecule has 2 N–H and O–H groups in total. The number of nitrogens with one attached hydrogen (secondary N) is 2. The molecular weight excluding hydrogens is 493 g/mol. The van der Waals surface area contributed by atoms with Crippen molar-refractivity contribution >= 4 is 23.6 Å². The number of rotatable bonds is 6. The average molecular weight is 518 g/mol. The number of hydrogen-bond acceptors (Lipinski definition) is 10. The minimum Gasteiger partial charge on any atom is -0.381 e. The second-order valence-electron chi connectivity index (χ2n) is 8.62. The lowest BCUT2D eigenvalue weighted by Gasteiger charge is -2.28. The molecule has 11 nitrogen and oxygen atoms in total. The van der Waals surface area contributed by atoms with Crippen LogP contribution in [-0.2, 0) is 22.5 Å². The number of hydroxylamine groups is 2. The summed E-state index contributed by atoms with van der Waals surface area (Å²) in [5, 5.41) is 11.3. The number of carbonyl (C=O) groups excluding carboxylic acids is 1. The first kappa shape index (κ1) is 24.3. The maximum Gasteiger partial charge on any atom is 0.427 e. The molecule has 1 fully saturated rings. The van der Waals surface area contributed by atoms with Crippen molar-refractivity contribution in [2.75, 3.05) is 25.1 Å². The van der Waals surface area contributed by atoms with Gasteiger partial charge in [-0.1, -0.05) is 22.8 Å². The van der Waals surface area contributed by atoms with Gasteiger partial charge in [0.2, 0.25) is 5.95 Å². The highest BCUT2D eigenvalue weighted by Gasteiger charge is 2.27. The van der Waals surface area contributed by atoms with Crippen molar-refractivity contribution in [1.82, 2.24) is 30.5 Å². The third-order valence-corrected chi connectivity index (χ3v) is 6.31. The zero-order valence-corrected chi connectivity index (χ0v) is 20.3. The Hall–Kier alpha value is -3.35. The van der Waals surface area contributed by atoms with E-state index in [1.54, 1.807) is 13.0 Å². The van der Waals surface area contributed by atoms with E-state index in [1.165, 1.54) is 17.2 Å². The van der Waals surface area contributed by atoms with Gasteiger partial charge >= 0.3 is 6.09 Å².